The van der Waals surface area contributed by atoms with Crippen LogP contribution in [0.2, 0.25) is 0 Å². The van der Waals surface area contributed by atoms with Crippen molar-refractivity contribution in [2.24, 2.45) is 0 Å². The van der Waals surface area contributed by atoms with Crippen molar-refractivity contribution in [1.82, 2.24) is 15.2 Å². The largest absolute Gasteiger partial charge is 0.377 e. The first-order valence-electron chi connectivity index (χ1n) is 9.72. The van der Waals surface area contributed by atoms with Gasteiger partial charge in [-0.25, -0.2) is 0 Å². The highest BCUT2D eigenvalue weighted by atomic mass is 32.1. The van der Waals surface area contributed by atoms with E-state index in [0.717, 1.165) is 43.7 Å². The third-order valence-corrected chi connectivity index (χ3v) is 5.80. The average Bonchev–Trinajstić information content (AvgIpc) is 3.09. The zero-order chi connectivity index (χ0) is 19.2. The molecule has 0 bridgehead atoms. The second-order valence-corrected chi connectivity index (χ2v) is 8.16. The molecule has 0 spiro atoms. The monoisotopic (exact) mass is 387 g/mol. The molecule has 1 aliphatic rings. The lowest BCUT2D eigenvalue weighted by Gasteiger charge is -2.27. The fraction of sp³-hybridized carbons (Fsp3) is 0.524. The van der Waals surface area contributed by atoms with Crippen molar-refractivity contribution >= 4 is 17.2 Å². The summed E-state index contributed by atoms with van der Waals surface area (Å²) in [7, 11) is 0. The van der Waals surface area contributed by atoms with Crippen LogP contribution in [0.1, 0.15) is 52.8 Å². The highest BCUT2D eigenvalue weighted by molar-refractivity contribution is 7.10. The standard InChI is InChI=1S/C21H29N3O2S/c1-4-16-5-6-17(23-11-16)12-24-9-7-18-19(14-27-20(18)13-24)21(25)22-8-10-26-15(2)3/h5-6,11,14-15H,4,7-10,12-13H2,1-3H3,(H,22,25). The third kappa shape index (κ3) is 5.37. The van der Waals surface area contributed by atoms with Gasteiger partial charge < -0.3 is 10.1 Å². The molecule has 3 rings (SSSR count). The molecule has 0 atom stereocenters. The fourth-order valence-electron chi connectivity index (χ4n) is 3.25. The Hall–Kier alpha value is -1.76. The Bertz CT molecular complexity index is 755. The number of aryl methyl sites for hydroxylation is 1. The smallest absolute Gasteiger partial charge is 0.252 e. The fourth-order valence-corrected chi connectivity index (χ4v) is 4.37. The van der Waals surface area contributed by atoms with E-state index < -0.39 is 0 Å². The number of rotatable bonds is 8. The Labute approximate surface area is 165 Å². The number of hydrogen-bond donors (Lipinski definition) is 1. The minimum absolute atomic E-state index is 0.0186. The van der Waals surface area contributed by atoms with Crippen LogP contribution in [0.25, 0.3) is 0 Å². The maximum absolute atomic E-state index is 12.5. The van der Waals surface area contributed by atoms with Gasteiger partial charge in [-0.1, -0.05) is 13.0 Å². The van der Waals surface area contributed by atoms with Crippen molar-refractivity contribution in [3.05, 3.63) is 51.0 Å². The van der Waals surface area contributed by atoms with E-state index in [1.54, 1.807) is 11.3 Å². The number of nitrogens with zero attached hydrogens (tertiary/aromatic N) is 2. The Morgan fingerprint density at radius 3 is 2.96 bits per heavy atom. The van der Waals surface area contributed by atoms with Crippen molar-refractivity contribution < 1.29 is 9.53 Å². The summed E-state index contributed by atoms with van der Waals surface area (Å²) in [6.45, 7) is 9.94. The predicted molar refractivity (Wildman–Crippen MR) is 109 cm³/mol. The Balaban J connectivity index is 1.55. The van der Waals surface area contributed by atoms with Crippen LogP contribution in [-0.2, 0) is 30.7 Å². The van der Waals surface area contributed by atoms with Crippen LogP contribution < -0.4 is 5.32 Å². The van der Waals surface area contributed by atoms with Gasteiger partial charge in [0.2, 0.25) is 0 Å². The molecule has 0 fully saturated rings. The van der Waals surface area contributed by atoms with Crippen molar-refractivity contribution in [3.63, 3.8) is 0 Å². The molecule has 0 saturated heterocycles. The van der Waals surface area contributed by atoms with E-state index in [9.17, 15) is 4.79 Å². The van der Waals surface area contributed by atoms with E-state index in [0.29, 0.717) is 13.2 Å². The van der Waals surface area contributed by atoms with Gasteiger partial charge in [0.1, 0.15) is 0 Å². The number of fused-ring (bicyclic) bond motifs is 1. The van der Waals surface area contributed by atoms with Crippen LogP contribution in [0.5, 0.6) is 0 Å². The zero-order valence-corrected chi connectivity index (χ0v) is 17.3. The summed E-state index contributed by atoms with van der Waals surface area (Å²) in [6.07, 6.45) is 4.09. The molecule has 2 aromatic heterocycles. The van der Waals surface area contributed by atoms with Gasteiger partial charge in [-0.15, -0.1) is 11.3 Å². The molecule has 0 aromatic carbocycles. The van der Waals surface area contributed by atoms with Gasteiger partial charge in [0.15, 0.2) is 0 Å². The lowest BCUT2D eigenvalue weighted by atomic mass is 10.0. The number of carbonyl (C=O) groups excluding carboxylic acids is 1. The summed E-state index contributed by atoms with van der Waals surface area (Å²) in [4.78, 5) is 20.8. The Morgan fingerprint density at radius 2 is 2.26 bits per heavy atom. The average molecular weight is 388 g/mol. The number of hydrogen-bond acceptors (Lipinski definition) is 5. The third-order valence-electron chi connectivity index (χ3n) is 4.79. The van der Waals surface area contributed by atoms with Gasteiger partial charge in [-0.05, 0) is 43.9 Å². The SMILES string of the molecule is CCc1ccc(CN2CCc3c(C(=O)NCCOC(C)C)csc3C2)nc1. The second-order valence-electron chi connectivity index (χ2n) is 7.20. The molecule has 1 aliphatic heterocycles. The summed E-state index contributed by atoms with van der Waals surface area (Å²) in [5, 5.41) is 4.97. The van der Waals surface area contributed by atoms with Crippen molar-refractivity contribution in [2.75, 3.05) is 19.7 Å². The normalized spacial score (nSPS) is 14.4. The zero-order valence-electron chi connectivity index (χ0n) is 16.5. The van der Waals surface area contributed by atoms with Gasteiger partial charge in [-0.2, -0.15) is 0 Å². The molecule has 6 heteroatoms. The van der Waals surface area contributed by atoms with Crippen LogP contribution >= 0.6 is 11.3 Å². The molecule has 1 amide bonds. The molecule has 3 heterocycles. The summed E-state index contributed by atoms with van der Waals surface area (Å²) < 4.78 is 5.48. The minimum atomic E-state index is 0.0186. The van der Waals surface area contributed by atoms with Gasteiger partial charge in [0.25, 0.3) is 5.91 Å². The van der Waals surface area contributed by atoms with E-state index in [1.165, 1.54) is 16.0 Å². The summed E-state index contributed by atoms with van der Waals surface area (Å²) >= 11 is 1.69. The number of aromatic nitrogens is 1. The summed E-state index contributed by atoms with van der Waals surface area (Å²) in [5.41, 5.74) is 4.43. The van der Waals surface area contributed by atoms with Crippen LogP contribution in [-0.4, -0.2) is 41.6 Å². The van der Waals surface area contributed by atoms with E-state index in [2.05, 4.69) is 34.3 Å². The Morgan fingerprint density at radius 1 is 1.41 bits per heavy atom. The predicted octanol–water partition coefficient (Wildman–Crippen LogP) is 3.42. The van der Waals surface area contributed by atoms with Gasteiger partial charge in [0, 0.05) is 42.6 Å². The van der Waals surface area contributed by atoms with Crippen LogP contribution in [0, 0.1) is 0 Å². The van der Waals surface area contributed by atoms with E-state index >= 15 is 0 Å². The highest BCUT2D eigenvalue weighted by Gasteiger charge is 2.24. The van der Waals surface area contributed by atoms with Crippen molar-refractivity contribution in [3.8, 4) is 0 Å². The maximum Gasteiger partial charge on any atom is 0.252 e. The van der Waals surface area contributed by atoms with E-state index in [1.807, 2.05) is 25.4 Å². The first-order valence-corrected chi connectivity index (χ1v) is 10.6. The van der Waals surface area contributed by atoms with E-state index in [-0.39, 0.29) is 12.0 Å². The summed E-state index contributed by atoms with van der Waals surface area (Å²) in [5.74, 6) is 0.0186. The molecular weight excluding hydrogens is 358 g/mol. The molecule has 0 radical (unpaired) electrons. The highest BCUT2D eigenvalue weighted by Crippen LogP contribution is 2.29. The molecular formula is C21H29N3O2S. The van der Waals surface area contributed by atoms with Gasteiger partial charge >= 0.3 is 0 Å². The molecule has 5 nitrogen and oxygen atoms in total. The summed E-state index contributed by atoms with van der Waals surface area (Å²) in [6, 6.07) is 4.29. The van der Waals surface area contributed by atoms with Crippen molar-refractivity contribution in [1.29, 1.82) is 0 Å². The molecule has 0 unspecified atom stereocenters. The second kappa shape index (κ2) is 9.44. The topological polar surface area (TPSA) is 54.5 Å². The maximum atomic E-state index is 12.5. The molecule has 0 saturated carbocycles. The number of nitrogens with one attached hydrogen (secondary N) is 1. The lowest BCUT2D eigenvalue weighted by molar-refractivity contribution is 0.0746. The number of carbonyl (C=O) groups is 1. The molecule has 0 aliphatic carbocycles. The Kier molecular flexibility index (Phi) is 6.99. The van der Waals surface area contributed by atoms with Crippen LogP contribution in [0.15, 0.2) is 23.7 Å². The first-order chi connectivity index (χ1) is 13.1. The van der Waals surface area contributed by atoms with Crippen molar-refractivity contribution in [2.45, 2.75) is 52.8 Å². The lowest BCUT2D eigenvalue weighted by Crippen LogP contribution is -2.32. The van der Waals surface area contributed by atoms with Gasteiger partial charge in [0.05, 0.1) is 24.0 Å². The quantitative estimate of drug-likeness (QED) is 0.705. The van der Waals surface area contributed by atoms with Crippen LogP contribution in [0.3, 0.4) is 0 Å². The molecule has 2 aromatic rings. The van der Waals surface area contributed by atoms with Crippen LogP contribution in [0.4, 0.5) is 0 Å². The molecule has 1 N–H and O–H groups in total. The molecule has 27 heavy (non-hydrogen) atoms. The minimum Gasteiger partial charge on any atom is -0.377 e. The van der Waals surface area contributed by atoms with E-state index in [4.69, 9.17) is 4.74 Å². The number of ether oxygens (including phenoxy) is 1. The first kappa shape index (κ1) is 20.0. The number of pyridine rings is 1. The molecule has 146 valence electrons. The van der Waals surface area contributed by atoms with Gasteiger partial charge in [-0.3, -0.25) is 14.7 Å². The number of thiophene rings is 1. The number of amides is 1.